The highest BCUT2D eigenvalue weighted by atomic mass is 35.5. The van der Waals surface area contributed by atoms with Crippen molar-refractivity contribution in [3.05, 3.63) is 106 Å². The van der Waals surface area contributed by atoms with Crippen molar-refractivity contribution in [2.45, 2.75) is 38.1 Å². The van der Waals surface area contributed by atoms with Gasteiger partial charge in [-0.25, -0.2) is 0 Å². The molecule has 9 heteroatoms. The molecule has 4 aromatic carbocycles. The lowest BCUT2D eigenvalue weighted by molar-refractivity contribution is -0.275. The molecule has 4 nitrogen and oxygen atoms in total. The quantitative estimate of drug-likeness (QED) is 0.253. The summed E-state index contributed by atoms with van der Waals surface area (Å²) in [6.07, 6.45) is -5.02. The second kappa shape index (κ2) is 10.5. The van der Waals surface area contributed by atoms with Crippen LogP contribution in [0.3, 0.4) is 0 Å². The van der Waals surface area contributed by atoms with Gasteiger partial charge in [0.05, 0.1) is 5.71 Å². The van der Waals surface area contributed by atoms with Gasteiger partial charge in [-0.05, 0) is 51.7 Å². The Morgan fingerprint density at radius 2 is 1.69 bits per heavy atom. The van der Waals surface area contributed by atoms with E-state index in [0.717, 1.165) is 27.5 Å². The maximum absolute atomic E-state index is 14.5. The highest BCUT2D eigenvalue weighted by Gasteiger charge is 2.62. The lowest BCUT2D eigenvalue weighted by atomic mass is 9.85. The van der Waals surface area contributed by atoms with Gasteiger partial charge in [0.1, 0.15) is 0 Å². The van der Waals surface area contributed by atoms with Crippen molar-refractivity contribution in [3.8, 4) is 11.1 Å². The predicted molar refractivity (Wildman–Crippen MR) is 148 cm³/mol. The normalized spacial score (nSPS) is 17.1. The summed E-state index contributed by atoms with van der Waals surface area (Å²) in [4.78, 5) is 17.2. The van der Waals surface area contributed by atoms with Gasteiger partial charge in [0.15, 0.2) is 0 Å². The Bertz CT molecular complexity index is 1580. The number of oxime groups is 1. The number of nitrogens with zero attached hydrogens (tertiary/aromatic N) is 1. The lowest BCUT2D eigenvalue weighted by Gasteiger charge is -2.29. The average Bonchev–Trinajstić information content (AvgIpc) is 3.38. The van der Waals surface area contributed by atoms with E-state index in [4.69, 9.17) is 28.0 Å². The molecule has 1 aliphatic heterocycles. The van der Waals surface area contributed by atoms with Gasteiger partial charge in [-0.15, -0.1) is 0 Å². The number of hydrogen-bond donors (Lipinski definition) is 1. The molecule has 1 amide bonds. The Kier molecular flexibility index (Phi) is 7.31. The zero-order valence-corrected chi connectivity index (χ0v) is 22.3. The smallest absolute Gasteiger partial charge is 0.374 e. The molecule has 1 aliphatic rings. The minimum atomic E-state index is -4.80. The second-order valence-electron chi connectivity index (χ2n) is 9.32. The van der Waals surface area contributed by atoms with Crippen LogP contribution >= 0.6 is 23.2 Å². The third kappa shape index (κ3) is 5.21. The molecule has 0 aliphatic carbocycles. The van der Waals surface area contributed by atoms with E-state index in [1.807, 2.05) is 42.5 Å². The van der Waals surface area contributed by atoms with Crippen LogP contribution in [0.4, 0.5) is 13.2 Å². The van der Waals surface area contributed by atoms with Crippen LogP contribution < -0.4 is 5.32 Å². The van der Waals surface area contributed by atoms with Crippen molar-refractivity contribution >= 4 is 45.6 Å². The first-order valence-corrected chi connectivity index (χ1v) is 13.0. The van der Waals surface area contributed by atoms with Crippen LogP contribution in [0.25, 0.3) is 21.9 Å². The Labute approximate surface area is 233 Å². The number of halogens is 5. The molecule has 0 bridgehead atoms. The number of alkyl halides is 3. The van der Waals surface area contributed by atoms with Gasteiger partial charge in [0, 0.05) is 40.6 Å². The van der Waals surface area contributed by atoms with Gasteiger partial charge in [-0.1, -0.05) is 89.9 Å². The van der Waals surface area contributed by atoms with Crippen LogP contribution in [-0.4, -0.2) is 17.8 Å². The minimum Gasteiger partial charge on any atom is -0.374 e. The van der Waals surface area contributed by atoms with Crippen molar-refractivity contribution in [3.63, 3.8) is 0 Å². The summed E-state index contributed by atoms with van der Waals surface area (Å²) in [6, 6.07) is 22.8. The SMILES string of the molecule is CCC(=O)NCc1ccc(C2=NOC(c3cc(Cl)cc(Cl)c3)(C(F)(F)F)C2)cc1-c1cccc2ccccc12. The number of nitrogens with one attached hydrogen (secondary N) is 1. The lowest BCUT2D eigenvalue weighted by Crippen LogP contribution is -2.42. The van der Waals surface area contributed by atoms with Crippen LogP contribution in [-0.2, 0) is 21.8 Å². The third-order valence-corrected chi connectivity index (χ3v) is 7.27. The Morgan fingerprint density at radius 1 is 0.974 bits per heavy atom. The molecule has 1 unspecified atom stereocenters. The van der Waals surface area contributed by atoms with Crippen molar-refractivity contribution in [2.24, 2.45) is 5.16 Å². The number of amides is 1. The molecule has 0 aromatic heterocycles. The molecule has 0 fully saturated rings. The fraction of sp³-hybridized carbons (Fsp3) is 0.200. The monoisotopic (exact) mass is 570 g/mol. The summed E-state index contributed by atoms with van der Waals surface area (Å²) in [5, 5.41) is 8.93. The number of carbonyl (C=O) groups excluding carboxylic acids is 1. The first-order chi connectivity index (χ1) is 18.6. The molecule has 39 heavy (non-hydrogen) atoms. The highest BCUT2D eigenvalue weighted by Crippen LogP contribution is 2.50. The first kappa shape index (κ1) is 27.0. The second-order valence-corrected chi connectivity index (χ2v) is 10.2. The van der Waals surface area contributed by atoms with Crippen LogP contribution in [0.15, 0.2) is 84.0 Å². The molecular formula is C30H23Cl2F3N2O2. The molecule has 5 rings (SSSR count). The fourth-order valence-electron chi connectivity index (χ4n) is 4.79. The van der Waals surface area contributed by atoms with E-state index < -0.39 is 18.2 Å². The summed E-state index contributed by atoms with van der Waals surface area (Å²) in [5.41, 5.74) is 0.138. The molecule has 0 saturated heterocycles. The van der Waals surface area contributed by atoms with Gasteiger partial charge < -0.3 is 10.2 Å². The van der Waals surface area contributed by atoms with Gasteiger partial charge in [-0.3, -0.25) is 4.79 Å². The molecular weight excluding hydrogens is 548 g/mol. The van der Waals surface area contributed by atoms with E-state index in [9.17, 15) is 18.0 Å². The minimum absolute atomic E-state index is 0.0647. The molecule has 1 heterocycles. The van der Waals surface area contributed by atoms with Crippen LogP contribution in [0.2, 0.25) is 10.0 Å². The molecule has 1 N–H and O–H groups in total. The summed E-state index contributed by atoms with van der Waals surface area (Å²) < 4.78 is 43.6. The number of fused-ring (bicyclic) bond motifs is 1. The van der Waals surface area contributed by atoms with Gasteiger partial charge in [0.2, 0.25) is 5.91 Å². The number of rotatable bonds is 6. The maximum Gasteiger partial charge on any atom is 0.435 e. The Morgan fingerprint density at radius 3 is 2.41 bits per heavy atom. The summed E-state index contributed by atoms with van der Waals surface area (Å²) in [7, 11) is 0. The van der Waals surface area contributed by atoms with Gasteiger partial charge in [0.25, 0.3) is 5.60 Å². The molecule has 0 spiro atoms. The average molecular weight is 571 g/mol. The maximum atomic E-state index is 14.5. The first-order valence-electron chi connectivity index (χ1n) is 12.3. The Hall–Kier alpha value is -3.55. The van der Waals surface area contributed by atoms with Crippen LogP contribution in [0.5, 0.6) is 0 Å². The number of benzene rings is 4. The molecule has 4 aromatic rings. The van der Waals surface area contributed by atoms with E-state index in [1.165, 1.54) is 18.2 Å². The molecule has 0 saturated carbocycles. The largest absolute Gasteiger partial charge is 0.435 e. The molecule has 1 atom stereocenters. The van der Waals surface area contributed by atoms with E-state index in [2.05, 4.69) is 10.5 Å². The molecule has 0 radical (unpaired) electrons. The van der Waals surface area contributed by atoms with Crippen LogP contribution in [0.1, 0.15) is 36.5 Å². The van der Waals surface area contributed by atoms with Crippen molar-refractivity contribution < 1.29 is 22.8 Å². The van der Waals surface area contributed by atoms with Gasteiger partial charge >= 0.3 is 6.18 Å². The molecule has 200 valence electrons. The number of carbonyl (C=O) groups is 1. The standard InChI is InChI=1S/C30H23Cl2F3N2O2/c1-2-28(38)36-17-20-11-10-19(12-26(20)25-9-5-7-18-6-3-4-8-24(18)25)27-16-29(39-37-27,30(33,34)35)21-13-22(31)15-23(32)14-21/h3-15H,2,16-17H2,1H3,(H,36,38). The van der Waals surface area contributed by atoms with Crippen molar-refractivity contribution in [1.82, 2.24) is 5.32 Å². The Balaban J connectivity index is 1.59. The third-order valence-electron chi connectivity index (χ3n) is 6.83. The number of hydrogen-bond acceptors (Lipinski definition) is 3. The summed E-state index contributed by atoms with van der Waals surface area (Å²) in [5.74, 6) is -0.105. The fourth-order valence-corrected chi connectivity index (χ4v) is 5.31. The van der Waals surface area contributed by atoms with E-state index in [-0.39, 0.29) is 33.8 Å². The zero-order valence-electron chi connectivity index (χ0n) is 20.8. The van der Waals surface area contributed by atoms with Crippen molar-refractivity contribution in [2.75, 3.05) is 0 Å². The van der Waals surface area contributed by atoms with E-state index in [1.54, 1.807) is 25.1 Å². The summed E-state index contributed by atoms with van der Waals surface area (Å²) >= 11 is 12.1. The van der Waals surface area contributed by atoms with Gasteiger partial charge in [-0.2, -0.15) is 13.2 Å². The predicted octanol–water partition coefficient (Wildman–Crippen LogP) is 8.42. The zero-order chi connectivity index (χ0) is 27.8. The van der Waals surface area contributed by atoms with E-state index >= 15 is 0 Å². The topological polar surface area (TPSA) is 50.7 Å². The van der Waals surface area contributed by atoms with Crippen LogP contribution in [0, 0.1) is 0 Å². The summed E-state index contributed by atoms with van der Waals surface area (Å²) in [6.45, 7) is 2.03. The highest BCUT2D eigenvalue weighted by molar-refractivity contribution is 6.34. The van der Waals surface area contributed by atoms with E-state index in [0.29, 0.717) is 12.0 Å². The van der Waals surface area contributed by atoms with Crippen molar-refractivity contribution in [1.29, 1.82) is 0 Å².